The van der Waals surface area contributed by atoms with Crippen molar-refractivity contribution in [3.05, 3.63) is 192 Å². The fourth-order valence-corrected chi connectivity index (χ4v) is 8.66. The van der Waals surface area contributed by atoms with Crippen molar-refractivity contribution < 1.29 is 0 Å². The maximum Gasteiger partial charge on any atom is 0.0991 e. The highest BCUT2D eigenvalue weighted by atomic mass is 15.0. The third-order valence-corrected chi connectivity index (χ3v) is 11.2. The van der Waals surface area contributed by atoms with Crippen molar-refractivity contribution in [1.29, 1.82) is 5.26 Å². The Morgan fingerprint density at radius 2 is 0.909 bits per heavy atom. The van der Waals surface area contributed by atoms with Gasteiger partial charge in [-0.15, -0.1) is 0 Å². The summed E-state index contributed by atoms with van der Waals surface area (Å²) < 4.78 is 4.88. The van der Waals surface area contributed by atoms with Gasteiger partial charge in [0.1, 0.15) is 0 Å². The lowest BCUT2D eigenvalue weighted by molar-refractivity contribution is 1.10. The predicted octanol–water partition coefficient (Wildman–Crippen LogP) is 13.7. The Balaban J connectivity index is 1.28. The van der Waals surface area contributed by atoms with Crippen molar-refractivity contribution in [2.45, 2.75) is 20.8 Å². The van der Waals surface area contributed by atoms with E-state index in [9.17, 15) is 5.26 Å². The standard InChI is InChI=1S/C52H37N3/c1-33-11-8-14-37(27-33)39-21-24-50-45(30-39)43-17-4-6-19-48(43)54(50)47-26-23-42(41-16-10-13-36(29-41)32-53)52(35(47)3)55-49-20-7-5-18-44(49)46-31-40(22-25-51(46)55)38-15-9-12-34(2)28-38/h4-31H,1-3H3. The highest BCUT2D eigenvalue weighted by Gasteiger charge is 2.23. The van der Waals surface area contributed by atoms with Gasteiger partial charge in [-0.1, -0.05) is 126 Å². The van der Waals surface area contributed by atoms with Crippen LogP contribution in [0.4, 0.5) is 0 Å². The smallest absolute Gasteiger partial charge is 0.0991 e. The molecule has 0 amide bonds. The van der Waals surface area contributed by atoms with Crippen LogP contribution in [0.1, 0.15) is 22.3 Å². The molecule has 55 heavy (non-hydrogen) atoms. The van der Waals surface area contributed by atoms with E-state index in [0.29, 0.717) is 5.56 Å². The number of nitrogens with zero attached hydrogens (tertiary/aromatic N) is 3. The maximum atomic E-state index is 9.95. The lowest BCUT2D eigenvalue weighted by Gasteiger charge is -2.21. The van der Waals surface area contributed by atoms with Gasteiger partial charge in [0.2, 0.25) is 0 Å². The molecule has 0 radical (unpaired) electrons. The molecule has 0 saturated carbocycles. The Morgan fingerprint density at radius 1 is 0.400 bits per heavy atom. The third kappa shape index (κ3) is 5.26. The zero-order chi connectivity index (χ0) is 37.2. The predicted molar refractivity (Wildman–Crippen MR) is 230 cm³/mol. The largest absolute Gasteiger partial charge is 0.309 e. The van der Waals surface area contributed by atoms with Gasteiger partial charge in [-0.05, 0) is 109 Å². The summed E-state index contributed by atoms with van der Waals surface area (Å²) in [5, 5.41) is 14.8. The summed E-state index contributed by atoms with van der Waals surface area (Å²) in [6.07, 6.45) is 0. The van der Waals surface area contributed by atoms with E-state index in [1.165, 1.54) is 54.9 Å². The Labute approximate surface area is 320 Å². The lowest BCUT2D eigenvalue weighted by Crippen LogP contribution is -2.05. The molecule has 0 bridgehead atoms. The van der Waals surface area contributed by atoms with Gasteiger partial charge in [-0.3, -0.25) is 0 Å². The summed E-state index contributed by atoms with van der Waals surface area (Å²) >= 11 is 0. The first-order valence-electron chi connectivity index (χ1n) is 18.8. The molecule has 0 atom stereocenters. The van der Waals surface area contributed by atoms with Crippen LogP contribution in [0.15, 0.2) is 170 Å². The topological polar surface area (TPSA) is 33.6 Å². The second kappa shape index (κ2) is 12.8. The molecular weight excluding hydrogens is 667 g/mol. The minimum Gasteiger partial charge on any atom is -0.309 e. The normalized spacial score (nSPS) is 11.5. The van der Waals surface area contributed by atoms with Crippen LogP contribution in [0.25, 0.3) is 88.4 Å². The molecule has 2 heterocycles. The van der Waals surface area contributed by atoms with E-state index in [4.69, 9.17) is 0 Å². The second-order valence-electron chi connectivity index (χ2n) is 14.7. The average molecular weight is 704 g/mol. The second-order valence-corrected chi connectivity index (χ2v) is 14.7. The Hall–Kier alpha value is -7.15. The van der Waals surface area contributed by atoms with E-state index in [1.54, 1.807) is 0 Å². The summed E-state index contributed by atoms with van der Waals surface area (Å²) in [4.78, 5) is 0. The molecule has 0 N–H and O–H groups in total. The van der Waals surface area contributed by atoms with Crippen molar-refractivity contribution in [2.24, 2.45) is 0 Å². The Morgan fingerprint density at radius 3 is 1.51 bits per heavy atom. The number of hydrogen-bond donors (Lipinski definition) is 0. The number of fused-ring (bicyclic) bond motifs is 6. The molecular formula is C52H37N3. The molecule has 2 aromatic heterocycles. The van der Waals surface area contributed by atoms with Gasteiger partial charge < -0.3 is 9.13 Å². The van der Waals surface area contributed by atoms with Gasteiger partial charge in [0.25, 0.3) is 0 Å². The van der Waals surface area contributed by atoms with Crippen molar-refractivity contribution in [3.63, 3.8) is 0 Å². The summed E-state index contributed by atoms with van der Waals surface area (Å²) in [6.45, 7) is 6.55. The van der Waals surface area contributed by atoms with Crippen LogP contribution >= 0.6 is 0 Å². The van der Waals surface area contributed by atoms with Crippen molar-refractivity contribution in [2.75, 3.05) is 0 Å². The Bertz CT molecular complexity index is 3200. The lowest BCUT2D eigenvalue weighted by atomic mass is 9.97. The number of rotatable bonds is 5. The van der Waals surface area contributed by atoms with Crippen LogP contribution in [0.2, 0.25) is 0 Å². The van der Waals surface area contributed by atoms with Crippen molar-refractivity contribution in [3.8, 4) is 50.8 Å². The third-order valence-electron chi connectivity index (χ3n) is 11.2. The van der Waals surface area contributed by atoms with Crippen LogP contribution in [0.3, 0.4) is 0 Å². The van der Waals surface area contributed by atoms with Gasteiger partial charge in [-0.2, -0.15) is 5.26 Å². The fourth-order valence-electron chi connectivity index (χ4n) is 8.66. The van der Waals surface area contributed by atoms with E-state index < -0.39 is 0 Å². The van der Waals surface area contributed by atoms with E-state index >= 15 is 0 Å². The zero-order valence-electron chi connectivity index (χ0n) is 31.0. The number of benzene rings is 8. The van der Waals surface area contributed by atoms with Gasteiger partial charge in [0.05, 0.1) is 45.1 Å². The number of para-hydroxylation sites is 2. The molecule has 0 aliphatic carbocycles. The average Bonchev–Trinajstić information content (AvgIpc) is 3.73. The molecule has 0 aliphatic heterocycles. The van der Waals surface area contributed by atoms with E-state index in [-0.39, 0.29) is 0 Å². The van der Waals surface area contributed by atoms with Crippen LogP contribution in [-0.2, 0) is 0 Å². The van der Waals surface area contributed by atoms with Crippen molar-refractivity contribution >= 4 is 43.6 Å². The molecule has 260 valence electrons. The SMILES string of the molecule is Cc1cccc(-c2ccc3c(c2)c2ccccc2n3-c2ccc(-c3cccc(C#N)c3)c(-n3c4ccccc4c4cc(-c5cccc(C)c5)ccc43)c2C)c1. The monoisotopic (exact) mass is 703 g/mol. The van der Waals surface area contributed by atoms with Crippen LogP contribution in [0, 0.1) is 32.1 Å². The quantitative estimate of drug-likeness (QED) is 0.176. The van der Waals surface area contributed by atoms with E-state index in [2.05, 4.69) is 188 Å². The van der Waals surface area contributed by atoms with Gasteiger partial charge in [0.15, 0.2) is 0 Å². The zero-order valence-corrected chi connectivity index (χ0v) is 31.0. The van der Waals surface area contributed by atoms with Crippen LogP contribution < -0.4 is 0 Å². The minimum atomic E-state index is 0.641. The van der Waals surface area contributed by atoms with Gasteiger partial charge >= 0.3 is 0 Å². The van der Waals surface area contributed by atoms with E-state index in [1.807, 2.05) is 18.2 Å². The molecule has 0 unspecified atom stereocenters. The van der Waals surface area contributed by atoms with Crippen LogP contribution in [0.5, 0.6) is 0 Å². The number of nitriles is 1. The molecule has 3 heteroatoms. The maximum absolute atomic E-state index is 9.95. The van der Waals surface area contributed by atoms with Gasteiger partial charge in [-0.25, -0.2) is 0 Å². The number of aryl methyl sites for hydroxylation is 2. The fraction of sp³-hybridized carbons (Fsp3) is 0.0577. The van der Waals surface area contributed by atoms with E-state index in [0.717, 1.165) is 50.1 Å². The number of hydrogen-bond acceptors (Lipinski definition) is 1. The van der Waals surface area contributed by atoms with Crippen LogP contribution in [-0.4, -0.2) is 9.13 Å². The molecule has 8 aromatic carbocycles. The first-order valence-corrected chi connectivity index (χ1v) is 18.8. The van der Waals surface area contributed by atoms with Gasteiger partial charge in [0, 0.05) is 27.1 Å². The molecule has 0 fully saturated rings. The molecule has 0 aliphatic rings. The molecule has 3 nitrogen and oxygen atoms in total. The highest BCUT2D eigenvalue weighted by Crippen LogP contribution is 2.43. The van der Waals surface area contributed by atoms with Crippen molar-refractivity contribution in [1.82, 2.24) is 9.13 Å². The first kappa shape index (κ1) is 32.5. The molecule has 0 spiro atoms. The summed E-state index contributed by atoms with van der Waals surface area (Å²) in [5.74, 6) is 0. The number of aromatic nitrogens is 2. The Kier molecular flexibility index (Phi) is 7.54. The first-order chi connectivity index (χ1) is 27.0. The molecule has 10 rings (SSSR count). The minimum absolute atomic E-state index is 0.641. The molecule has 0 saturated heterocycles. The summed E-state index contributed by atoms with van der Waals surface area (Å²) in [5.41, 5.74) is 18.0. The summed E-state index contributed by atoms with van der Waals surface area (Å²) in [6, 6.07) is 63.6. The summed E-state index contributed by atoms with van der Waals surface area (Å²) in [7, 11) is 0. The highest BCUT2D eigenvalue weighted by molar-refractivity contribution is 6.12. The molecule has 10 aromatic rings.